The Morgan fingerprint density at radius 1 is 0.706 bits per heavy atom. The molecule has 0 aromatic heterocycles. The molecule has 0 aromatic carbocycles. The Kier molecular flexibility index (Phi) is 9.15. The van der Waals surface area contributed by atoms with E-state index in [-0.39, 0.29) is 24.2 Å². The highest BCUT2D eigenvalue weighted by molar-refractivity contribution is 5.83. The van der Waals surface area contributed by atoms with Gasteiger partial charge in [-0.1, -0.05) is 6.92 Å². The van der Waals surface area contributed by atoms with Gasteiger partial charge in [-0.15, -0.1) is 0 Å². The summed E-state index contributed by atoms with van der Waals surface area (Å²) < 4.78 is 24.9. The molecule has 8 aliphatic carbocycles. The molecule has 1 heterocycles. The van der Waals surface area contributed by atoms with Crippen molar-refractivity contribution in [1.29, 1.82) is 0 Å². The fraction of sp³-hybridized carbons (Fsp3) is 0.929. The van der Waals surface area contributed by atoms with Crippen molar-refractivity contribution in [2.45, 2.75) is 193 Å². The number of carbonyl (C=O) groups is 3. The molecule has 9 nitrogen and oxygen atoms in total. The highest BCUT2D eigenvalue weighted by atomic mass is 16.7. The molecule has 0 aromatic rings. The Bertz CT molecular complexity index is 1370. The third-order valence-corrected chi connectivity index (χ3v) is 15.2. The number of carbonyl (C=O) groups excluding carboxylic acids is 3. The molecule has 7 unspecified atom stereocenters. The van der Waals surface area contributed by atoms with Gasteiger partial charge in [0, 0.05) is 18.3 Å². The average Bonchev–Trinajstić information content (AvgIpc) is 2.98. The van der Waals surface area contributed by atoms with Crippen molar-refractivity contribution in [3.8, 4) is 0 Å². The predicted octanol–water partition coefficient (Wildman–Crippen LogP) is 7.57. The summed E-state index contributed by atoms with van der Waals surface area (Å²) in [5, 5.41) is 23.0. The Morgan fingerprint density at radius 3 is 1.78 bits per heavy atom. The van der Waals surface area contributed by atoms with Gasteiger partial charge in [-0.3, -0.25) is 14.4 Å². The summed E-state index contributed by atoms with van der Waals surface area (Å²) in [5.41, 5.74) is -6.70. The van der Waals surface area contributed by atoms with Crippen molar-refractivity contribution in [3.63, 3.8) is 0 Å². The number of esters is 3. The zero-order valence-electron chi connectivity index (χ0n) is 32.6. The molecule has 0 amide bonds. The number of aliphatic hydroxyl groups is 2. The predicted molar refractivity (Wildman–Crippen MR) is 190 cm³/mol. The van der Waals surface area contributed by atoms with Crippen LogP contribution in [0.2, 0.25) is 0 Å². The molecule has 9 rings (SSSR count). The van der Waals surface area contributed by atoms with E-state index in [1.165, 1.54) is 0 Å². The Labute approximate surface area is 305 Å². The van der Waals surface area contributed by atoms with E-state index in [0.29, 0.717) is 56.0 Å². The molecule has 8 saturated carbocycles. The topological polar surface area (TPSA) is 129 Å². The van der Waals surface area contributed by atoms with Crippen LogP contribution in [-0.2, 0) is 33.3 Å². The first-order valence-electron chi connectivity index (χ1n) is 20.4. The van der Waals surface area contributed by atoms with Gasteiger partial charge in [-0.05, 0) is 168 Å². The van der Waals surface area contributed by atoms with Gasteiger partial charge in [0.2, 0.25) is 6.29 Å². The van der Waals surface area contributed by atoms with Crippen LogP contribution in [0.4, 0.5) is 0 Å². The minimum atomic E-state index is -1.24. The van der Waals surface area contributed by atoms with E-state index in [9.17, 15) is 24.6 Å². The highest BCUT2D eigenvalue weighted by Crippen LogP contribution is 2.66. The van der Waals surface area contributed by atoms with Crippen LogP contribution in [0.1, 0.15) is 164 Å². The summed E-state index contributed by atoms with van der Waals surface area (Å²) >= 11 is 0. The number of hydrogen-bond donors (Lipinski definition) is 2. The summed E-state index contributed by atoms with van der Waals surface area (Å²) in [6.45, 7) is 13.9. The molecule has 0 spiro atoms. The third-order valence-electron chi connectivity index (χ3n) is 15.2. The van der Waals surface area contributed by atoms with Gasteiger partial charge in [0.1, 0.15) is 11.2 Å². The largest absolute Gasteiger partial charge is 0.459 e. The van der Waals surface area contributed by atoms with Crippen LogP contribution in [0, 0.1) is 45.3 Å². The zero-order valence-corrected chi connectivity index (χ0v) is 32.6. The number of hydrogen-bond acceptors (Lipinski definition) is 9. The second kappa shape index (κ2) is 12.4. The van der Waals surface area contributed by atoms with Crippen LogP contribution in [0.5, 0.6) is 0 Å². The molecule has 9 aliphatic rings. The van der Waals surface area contributed by atoms with E-state index in [1.54, 1.807) is 13.8 Å². The maximum absolute atomic E-state index is 14.8. The molecular weight excluding hydrogens is 648 g/mol. The Morgan fingerprint density at radius 2 is 1.27 bits per heavy atom. The summed E-state index contributed by atoms with van der Waals surface area (Å²) in [6, 6.07) is 0. The average molecular weight is 715 g/mol. The molecule has 51 heavy (non-hydrogen) atoms. The van der Waals surface area contributed by atoms with Crippen molar-refractivity contribution >= 4 is 17.9 Å². The van der Waals surface area contributed by atoms with E-state index in [1.807, 2.05) is 34.6 Å². The summed E-state index contributed by atoms with van der Waals surface area (Å²) in [6.07, 6.45) is 12.5. The van der Waals surface area contributed by atoms with Crippen molar-refractivity contribution in [2.24, 2.45) is 45.3 Å². The Balaban J connectivity index is 1.14. The fourth-order valence-corrected chi connectivity index (χ4v) is 13.5. The van der Waals surface area contributed by atoms with Gasteiger partial charge in [0.05, 0.1) is 34.1 Å². The molecule has 7 atom stereocenters. The molecule has 9 fully saturated rings. The van der Waals surface area contributed by atoms with Crippen molar-refractivity contribution < 1.29 is 43.5 Å². The summed E-state index contributed by atoms with van der Waals surface area (Å²) in [7, 11) is 0. The fourth-order valence-electron chi connectivity index (χ4n) is 13.5. The Hall–Kier alpha value is -1.71. The highest BCUT2D eigenvalue weighted by Gasteiger charge is 2.65. The smallest absolute Gasteiger partial charge is 0.313 e. The van der Waals surface area contributed by atoms with Crippen LogP contribution in [-0.4, -0.2) is 63.4 Å². The molecule has 1 saturated heterocycles. The van der Waals surface area contributed by atoms with E-state index in [2.05, 4.69) is 0 Å². The lowest BCUT2D eigenvalue weighted by Gasteiger charge is -2.64. The third kappa shape index (κ3) is 6.92. The van der Waals surface area contributed by atoms with Crippen LogP contribution < -0.4 is 0 Å². The van der Waals surface area contributed by atoms with Gasteiger partial charge >= 0.3 is 17.9 Å². The van der Waals surface area contributed by atoms with Crippen LogP contribution in [0.15, 0.2) is 0 Å². The lowest BCUT2D eigenvalue weighted by Crippen LogP contribution is -2.63. The second-order valence-electron chi connectivity index (χ2n) is 21.0. The first-order chi connectivity index (χ1) is 23.6. The van der Waals surface area contributed by atoms with E-state index < -0.39 is 56.9 Å². The summed E-state index contributed by atoms with van der Waals surface area (Å²) in [5.74, 6) is 0.367. The van der Waals surface area contributed by atoms with Gasteiger partial charge in [-0.2, -0.15) is 0 Å². The van der Waals surface area contributed by atoms with Gasteiger partial charge in [0.25, 0.3) is 0 Å². The standard InChI is InChI=1S/C42H66O9/c1-8-37(6,33(44)50-36(4,5)39-15-27-13-28(16-39)18-40(46,17-27)25-39)24-38(7,23-35(2,3)32(43)49-31-11-9-10-12-48-31)34(45)51-42-21-29-14-30(22-42)20-41(47,19-29)26-42/h27-31,46-47H,8-26H2,1-7H3. The van der Waals surface area contributed by atoms with Crippen LogP contribution >= 0.6 is 0 Å². The van der Waals surface area contributed by atoms with E-state index in [0.717, 1.165) is 77.0 Å². The van der Waals surface area contributed by atoms with Crippen molar-refractivity contribution in [3.05, 3.63) is 0 Å². The van der Waals surface area contributed by atoms with Crippen molar-refractivity contribution in [2.75, 3.05) is 6.61 Å². The molecule has 0 radical (unpaired) electrons. The summed E-state index contributed by atoms with van der Waals surface area (Å²) in [4.78, 5) is 43.2. The first-order valence-corrected chi connectivity index (χ1v) is 20.4. The molecule has 2 N–H and O–H groups in total. The quantitative estimate of drug-likeness (QED) is 0.155. The molecule has 1 aliphatic heterocycles. The minimum Gasteiger partial charge on any atom is -0.459 e. The minimum absolute atomic E-state index is 0.115. The van der Waals surface area contributed by atoms with E-state index in [4.69, 9.17) is 18.9 Å². The molecule has 9 heteroatoms. The van der Waals surface area contributed by atoms with E-state index >= 15 is 0 Å². The molecular formula is C42H66O9. The SMILES string of the molecule is CCC(C)(CC(C)(CC(C)(C)C(=O)OC1CCCCO1)C(=O)OC12CC3CC(CC(O)(C3)C1)C2)C(=O)OC(C)(C)C12CC3CC(CC(O)(C3)C1)C2. The maximum atomic E-state index is 14.8. The second-order valence-corrected chi connectivity index (χ2v) is 21.0. The number of ether oxygens (including phenoxy) is 4. The normalized spacial score (nSPS) is 42.2. The lowest BCUT2D eigenvalue weighted by atomic mass is 9.44. The van der Waals surface area contributed by atoms with Gasteiger partial charge < -0.3 is 29.2 Å². The molecule has 8 bridgehead atoms. The first kappa shape index (κ1) is 37.6. The molecule has 288 valence electrons. The monoisotopic (exact) mass is 714 g/mol. The van der Waals surface area contributed by atoms with Crippen molar-refractivity contribution in [1.82, 2.24) is 0 Å². The lowest BCUT2D eigenvalue weighted by molar-refractivity contribution is -0.238. The van der Waals surface area contributed by atoms with Gasteiger partial charge in [-0.25, -0.2) is 0 Å². The van der Waals surface area contributed by atoms with Crippen LogP contribution in [0.3, 0.4) is 0 Å². The van der Waals surface area contributed by atoms with Crippen LogP contribution in [0.25, 0.3) is 0 Å². The number of rotatable bonds is 12. The zero-order chi connectivity index (χ0) is 36.9. The maximum Gasteiger partial charge on any atom is 0.313 e. The van der Waals surface area contributed by atoms with Gasteiger partial charge in [0.15, 0.2) is 0 Å².